The predicted molar refractivity (Wildman–Crippen MR) is 71.7 cm³/mol. The van der Waals surface area contributed by atoms with Crippen LogP contribution in [0.3, 0.4) is 0 Å². The van der Waals surface area contributed by atoms with Crippen molar-refractivity contribution in [2.24, 2.45) is 16.9 Å². The van der Waals surface area contributed by atoms with E-state index in [1.807, 2.05) is 0 Å². The van der Waals surface area contributed by atoms with Crippen LogP contribution in [0.1, 0.15) is 12.0 Å². The van der Waals surface area contributed by atoms with E-state index in [2.05, 4.69) is 0 Å². The monoisotopic (exact) mass is 276 g/mol. The number of carboxylic acid groups (broad SMARTS) is 2. The number of carboxylic acids is 2. The fourth-order valence-corrected chi connectivity index (χ4v) is 2.55. The van der Waals surface area contributed by atoms with Gasteiger partial charge in [0.15, 0.2) is 5.41 Å². The molecule has 0 radical (unpaired) electrons. The van der Waals surface area contributed by atoms with Gasteiger partial charge in [-0.15, -0.1) is 0 Å². The van der Waals surface area contributed by atoms with Gasteiger partial charge in [0, 0.05) is 12.5 Å². The zero-order valence-corrected chi connectivity index (χ0v) is 10.7. The molecule has 0 aromatic heterocycles. The van der Waals surface area contributed by atoms with Gasteiger partial charge in [-0.3, -0.25) is 9.59 Å². The summed E-state index contributed by atoms with van der Waals surface area (Å²) in [6.45, 7) is 0. The second kappa shape index (κ2) is 4.73. The van der Waals surface area contributed by atoms with Crippen LogP contribution in [-0.2, 0) is 15.1 Å². The van der Waals surface area contributed by atoms with Gasteiger partial charge in [-0.25, -0.2) is 0 Å². The van der Waals surface area contributed by atoms with Crippen LogP contribution in [0.4, 0.5) is 0 Å². The smallest absolute Gasteiger partial charge is 0.323 e. The standard InChI is InChI=1S/C14H16N2O4/c15-10-6-7-13(16,9-4-2-1-3-5-9)8-14(10,11(17)18)12(19)20/h1-7,10H,8,15-16H2,(H,17,18)(H,19,20). The van der Waals surface area contributed by atoms with Crippen molar-refractivity contribution in [1.82, 2.24) is 0 Å². The van der Waals surface area contributed by atoms with Crippen LogP contribution in [0, 0.1) is 5.41 Å². The molecule has 0 amide bonds. The Kier molecular flexibility index (Phi) is 3.37. The van der Waals surface area contributed by atoms with Crippen LogP contribution in [0.2, 0.25) is 0 Å². The van der Waals surface area contributed by atoms with Crippen LogP contribution in [0.5, 0.6) is 0 Å². The predicted octanol–water partition coefficient (Wildman–Crippen LogP) is 0.283. The average Bonchev–Trinajstić information content (AvgIpc) is 2.42. The summed E-state index contributed by atoms with van der Waals surface area (Å²) in [4.78, 5) is 23.0. The molecule has 0 aliphatic heterocycles. The van der Waals surface area contributed by atoms with Gasteiger partial charge in [0.05, 0.1) is 5.54 Å². The lowest BCUT2D eigenvalue weighted by molar-refractivity contribution is -0.167. The summed E-state index contributed by atoms with van der Waals surface area (Å²) < 4.78 is 0. The largest absolute Gasteiger partial charge is 0.480 e. The fraction of sp³-hybridized carbons (Fsp3) is 0.286. The highest BCUT2D eigenvalue weighted by Gasteiger charge is 2.56. The van der Waals surface area contributed by atoms with Crippen molar-refractivity contribution in [3.05, 3.63) is 48.0 Å². The highest BCUT2D eigenvalue weighted by Crippen LogP contribution is 2.41. The summed E-state index contributed by atoms with van der Waals surface area (Å²) in [5, 5.41) is 18.7. The molecule has 1 aromatic rings. The van der Waals surface area contributed by atoms with E-state index in [9.17, 15) is 19.8 Å². The SMILES string of the molecule is NC1C=CC(N)(c2ccccc2)CC1(C(=O)O)C(=O)O. The first kappa shape index (κ1) is 14.2. The van der Waals surface area contributed by atoms with E-state index in [0.29, 0.717) is 5.56 Å². The van der Waals surface area contributed by atoms with Gasteiger partial charge in [-0.2, -0.15) is 0 Å². The normalized spacial score (nSPS) is 28.0. The van der Waals surface area contributed by atoms with Crippen LogP contribution in [0.15, 0.2) is 42.5 Å². The second-order valence-corrected chi connectivity index (χ2v) is 5.05. The van der Waals surface area contributed by atoms with E-state index >= 15 is 0 Å². The Bertz CT molecular complexity index is 556. The van der Waals surface area contributed by atoms with Crippen molar-refractivity contribution >= 4 is 11.9 Å². The number of aliphatic carboxylic acids is 2. The highest BCUT2D eigenvalue weighted by atomic mass is 16.4. The number of hydrogen-bond donors (Lipinski definition) is 4. The molecule has 1 aromatic carbocycles. The number of benzene rings is 1. The highest BCUT2D eigenvalue weighted by molar-refractivity contribution is 6.00. The second-order valence-electron chi connectivity index (χ2n) is 5.05. The van der Waals surface area contributed by atoms with Gasteiger partial charge in [0.25, 0.3) is 0 Å². The zero-order chi connectivity index (χ0) is 15.0. The molecule has 2 rings (SSSR count). The van der Waals surface area contributed by atoms with Crippen molar-refractivity contribution in [2.75, 3.05) is 0 Å². The van der Waals surface area contributed by atoms with Gasteiger partial charge in [-0.1, -0.05) is 42.5 Å². The van der Waals surface area contributed by atoms with E-state index in [4.69, 9.17) is 11.5 Å². The lowest BCUT2D eigenvalue weighted by atomic mass is 9.65. The van der Waals surface area contributed by atoms with Crippen molar-refractivity contribution in [3.8, 4) is 0 Å². The first-order valence-electron chi connectivity index (χ1n) is 6.09. The quantitative estimate of drug-likeness (QED) is 0.464. The minimum absolute atomic E-state index is 0.299. The molecule has 0 saturated heterocycles. The van der Waals surface area contributed by atoms with E-state index < -0.39 is 28.9 Å². The molecule has 20 heavy (non-hydrogen) atoms. The number of carbonyl (C=O) groups is 2. The average molecular weight is 276 g/mol. The Labute approximate surface area is 115 Å². The minimum atomic E-state index is -2.13. The molecule has 0 saturated carbocycles. The van der Waals surface area contributed by atoms with Gasteiger partial charge in [0.2, 0.25) is 0 Å². The van der Waals surface area contributed by atoms with E-state index in [1.165, 1.54) is 6.08 Å². The first-order valence-corrected chi connectivity index (χ1v) is 6.09. The lowest BCUT2D eigenvalue weighted by Crippen LogP contribution is -2.59. The maximum atomic E-state index is 11.5. The molecule has 2 atom stereocenters. The minimum Gasteiger partial charge on any atom is -0.480 e. The number of nitrogens with two attached hydrogens (primary N) is 2. The molecule has 2 unspecified atom stereocenters. The molecular weight excluding hydrogens is 260 g/mol. The Balaban J connectivity index is 2.54. The Hall–Kier alpha value is -2.18. The van der Waals surface area contributed by atoms with Gasteiger partial charge in [0.1, 0.15) is 0 Å². The summed E-state index contributed by atoms with van der Waals surface area (Å²) in [6.07, 6.45) is 2.64. The molecule has 0 fully saturated rings. The maximum absolute atomic E-state index is 11.5. The van der Waals surface area contributed by atoms with Crippen LogP contribution < -0.4 is 11.5 Å². The molecule has 1 aliphatic carbocycles. The van der Waals surface area contributed by atoms with Crippen molar-refractivity contribution in [1.29, 1.82) is 0 Å². The third-order valence-corrected chi connectivity index (χ3v) is 3.82. The topological polar surface area (TPSA) is 127 Å². The van der Waals surface area contributed by atoms with E-state index in [1.54, 1.807) is 36.4 Å². The third-order valence-electron chi connectivity index (χ3n) is 3.82. The first-order chi connectivity index (χ1) is 9.33. The lowest BCUT2D eigenvalue weighted by Gasteiger charge is -2.41. The molecule has 0 spiro atoms. The van der Waals surface area contributed by atoms with Gasteiger partial charge in [-0.05, 0) is 5.56 Å². The fourth-order valence-electron chi connectivity index (χ4n) is 2.55. The summed E-state index contributed by atoms with van der Waals surface area (Å²) >= 11 is 0. The van der Waals surface area contributed by atoms with Crippen LogP contribution in [-0.4, -0.2) is 28.2 Å². The Morgan fingerprint density at radius 2 is 1.70 bits per heavy atom. The van der Waals surface area contributed by atoms with Crippen LogP contribution >= 0.6 is 0 Å². The van der Waals surface area contributed by atoms with Gasteiger partial charge >= 0.3 is 11.9 Å². The maximum Gasteiger partial charge on any atom is 0.323 e. The molecule has 0 heterocycles. The molecule has 6 N–H and O–H groups in total. The van der Waals surface area contributed by atoms with Crippen molar-refractivity contribution in [3.63, 3.8) is 0 Å². The van der Waals surface area contributed by atoms with Gasteiger partial charge < -0.3 is 21.7 Å². The molecule has 1 aliphatic rings. The summed E-state index contributed by atoms with van der Waals surface area (Å²) in [5.74, 6) is -2.96. The van der Waals surface area contributed by atoms with Crippen molar-refractivity contribution < 1.29 is 19.8 Å². The number of hydrogen-bond acceptors (Lipinski definition) is 4. The summed E-state index contributed by atoms with van der Waals surface area (Å²) in [7, 11) is 0. The zero-order valence-electron chi connectivity index (χ0n) is 10.7. The molecule has 106 valence electrons. The molecule has 6 nitrogen and oxygen atoms in total. The van der Waals surface area contributed by atoms with E-state index in [-0.39, 0.29) is 6.42 Å². The number of rotatable bonds is 3. The van der Waals surface area contributed by atoms with Crippen molar-refractivity contribution in [2.45, 2.75) is 18.0 Å². The Morgan fingerprint density at radius 3 is 2.20 bits per heavy atom. The molecule has 6 heteroatoms. The third kappa shape index (κ3) is 1.99. The van der Waals surface area contributed by atoms with Crippen LogP contribution in [0.25, 0.3) is 0 Å². The Morgan fingerprint density at radius 1 is 1.15 bits per heavy atom. The molecular formula is C14H16N2O4. The molecule has 0 bridgehead atoms. The van der Waals surface area contributed by atoms with E-state index in [0.717, 1.165) is 0 Å². The summed E-state index contributed by atoms with van der Waals surface area (Å²) in [5.41, 5.74) is 9.29. The summed E-state index contributed by atoms with van der Waals surface area (Å²) in [6, 6.07) is 7.65.